The maximum Gasteiger partial charge on any atom is 0.228 e. The number of carbonyl (C=O) groups is 1. The summed E-state index contributed by atoms with van der Waals surface area (Å²) >= 11 is 0. The first-order chi connectivity index (χ1) is 11.6. The van der Waals surface area contributed by atoms with Crippen molar-refractivity contribution in [2.24, 2.45) is 0 Å². The third-order valence-corrected chi connectivity index (χ3v) is 4.23. The van der Waals surface area contributed by atoms with Crippen molar-refractivity contribution >= 4 is 22.4 Å². The second-order valence-electron chi connectivity index (χ2n) is 6.02. The van der Waals surface area contributed by atoms with Gasteiger partial charge in [0.05, 0.1) is 13.5 Å². The zero-order valence-electron chi connectivity index (χ0n) is 14.2. The van der Waals surface area contributed by atoms with E-state index in [1.165, 1.54) is 5.56 Å². The molecule has 0 saturated heterocycles. The van der Waals surface area contributed by atoms with Crippen LogP contribution in [-0.4, -0.2) is 13.0 Å². The summed E-state index contributed by atoms with van der Waals surface area (Å²) in [6.45, 7) is 4.10. The Morgan fingerprint density at radius 1 is 1.00 bits per heavy atom. The highest BCUT2D eigenvalue weighted by Gasteiger charge is 2.10. The molecule has 1 amide bonds. The molecule has 0 atom stereocenters. The Kier molecular flexibility index (Phi) is 4.52. The van der Waals surface area contributed by atoms with E-state index >= 15 is 0 Å². The average molecular weight is 319 g/mol. The van der Waals surface area contributed by atoms with Gasteiger partial charge in [-0.05, 0) is 37.1 Å². The maximum absolute atomic E-state index is 12.5. The smallest absolute Gasteiger partial charge is 0.228 e. The van der Waals surface area contributed by atoms with Gasteiger partial charge in [0, 0.05) is 16.5 Å². The SMILES string of the molecule is COc1ccc(NC(=O)Cc2ccc(C)cc2C)c2ccccc12. The molecule has 0 aromatic heterocycles. The number of hydrogen-bond donors (Lipinski definition) is 1. The molecule has 0 radical (unpaired) electrons. The van der Waals surface area contributed by atoms with Gasteiger partial charge in [-0.1, -0.05) is 48.0 Å². The first-order valence-electron chi connectivity index (χ1n) is 8.00. The summed E-state index contributed by atoms with van der Waals surface area (Å²) in [7, 11) is 1.65. The molecule has 24 heavy (non-hydrogen) atoms. The number of methoxy groups -OCH3 is 1. The Balaban J connectivity index is 1.86. The van der Waals surface area contributed by atoms with Crippen LogP contribution in [0.4, 0.5) is 5.69 Å². The van der Waals surface area contributed by atoms with Gasteiger partial charge in [-0.2, -0.15) is 0 Å². The molecule has 0 heterocycles. The normalized spacial score (nSPS) is 10.6. The van der Waals surface area contributed by atoms with E-state index < -0.39 is 0 Å². The molecule has 0 aliphatic heterocycles. The Morgan fingerprint density at radius 2 is 1.75 bits per heavy atom. The number of nitrogens with one attached hydrogen (secondary N) is 1. The van der Waals surface area contributed by atoms with E-state index in [-0.39, 0.29) is 5.91 Å². The number of benzene rings is 3. The van der Waals surface area contributed by atoms with Crippen molar-refractivity contribution in [3.8, 4) is 5.75 Å². The lowest BCUT2D eigenvalue weighted by molar-refractivity contribution is -0.115. The minimum atomic E-state index is -0.0164. The van der Waals surface area contributed by atoms with Crippen LogP contribution in [0.2, 0.25) is 0 Å². The summed E-state index contributed by atoms with van der Waals surface area (Å²) < 4.78 is 5.40. The van der Waals surface area contributed by atoms with Crippen LogP contribution in [0.5, 0.6) is 5.75 Å². The van der Waals surface area contributed by atoms with Gasteiger partial charge in [0.1, 0.15) is 5.75 Å². The number of carbonyl (C=O) groups excluding carboxylic acids is 1. The number of ether oxygens (including phenoxy) is 1. The van der Waals surface area contributed by atoms with Crippen LogP contribution < -0.4 is 10.1 Å². The van der Waals surface area contributed by atoms with Crippen LogP contribution in [-0.2, 0) is 11.2 Å². The number of aryl methyl sites for hydroxylation is 2. The monoisotopic (exact) mass is 319 g/mol. The van der Waals surface area contributed by atoms with Gasteiger partial charge in [0.25, 0.3) is 0 Å². The van der Waals surface area contributed by atoms with Crippen molar-refractivity contribution in [1.82, 2.24) is 0 Å². The van der Waals surface area contributed by atoms with Crippen LogP contribution in [0.25, 0.3) is 10.8 Å². The largest absolute Gasteiger partial charge is 0.496 e. The summed E-state index contributed by atoms with van der Waals surface area (Å²) in [5.41, 5.74) is 4.21. The molecule has 0 fully saturated rings. The van der Waals surface area contributed by atoms with E-state index in [0.717, 1.165) is 33.3 Å². The molecule has 122 valence electrons. The highest BCUT2D eigenvalue weighted by Crippen LogP contribution is 2.31. The lowest BCUT2D eigenvalue weighted by Crippen LogP contribution is -2.15. The van der Waals surface area contributed by atoms with Gasteiger partial charge in [0.15, 0.2) is 0 Å². The molecule has 0 unspecified atom stereocenters. The summed E-state index contributed by atoms with van der Waals surface area (Å²) in [6, 6.07) is 17.8. The predicted molar refractivity (Wildman–Crippen MR) is 98.7 cm³/mol. The van der Waals surface area contributed by atoms with Crippen LogP contribution in [0.1, 0.15) is 16.7 Å². The van der Waals surface area contributed by atoms with Crippen molar-refractivity contribution in [3.05, 3.63) is 71.3 Å². The maximum atomic E-state index is 12.5. The third-order valence-electron chi connectivity index (χ3n) is 4.23. The molecule has 0 aliphatic carbocycles. The summed E-state index contributed by atoms with van der Waals surface area (Å²) in [5.74, 6) is 0.787. The predicted octanol–water partition coefficient (Wildman–Crippen LogP) is 4.65. The van der Waals surface area contributed by atoms with E-state index in [2.05, 4.69) is 18.3 Å². The van der Waals surface area contributed by atoms with Gasteiger partial charge in [0.2, 0.25) is 5.91 Å². The first-order valence-corrected chi connectivity index (χ1v) is 8.00. The van der Waals surface area contributed by atoms with Gasteiger partial charge in [-0.25, -0.2) is 0 Å². The third kappa shape index (κ3) is 3.25. The Bertz CT molecular complexity index is 899. The Morgan fingerprint density at radius 3 is 2.46 bits per heavy atom. The fourth-order valence-electron chi connectivity index (χ4n) is 2.97. The Hall–Kier alpha value is -2.81. The van der Waals surface area contributed by atoms with Crippen LogP contribution in [0.15, 0.2) is 54.6 Å². The highest BCUT2D eigenvalue weighted by atomic mass is 16.5. The van der Waals surface area contributed by atoms with Crippen molar-refractivity contribution in [1.29, 1.82) is 0 Å². The van der Waals surface area contributed by atoms with Gasteiger partial charge in [-0.15, -0.1) is 0 Å². The fourth-order valence-corrected chi connectivity index (χ4v) is 2.97. The lowest BCUT2D eigenvalue weighted by atomic mass is 10.0. The van der Waals surface area contributed by atoms with E-state index in [9.17, 15) is 4.79 Å². The summed E-state index contributed by atoms with van der Waals surface area (Å²) in [4.78, 5) is 12.5. The summed E-state index contributed by atoms with van der Waals surface area (Å²) in [6.07, 6.45) is 0.368. The minimum Gasteiger partial charge on any atom is -0.496 e. The molecular formula is C21H21NO2. The van der Waals surface area contributed by atoms with Crippen molar-refractivity contribution in [2.45, 2.75) is 20.3 Å². The zero-order chi connectivity index (χ0) is 17.1. The quantitative estimate of drug-likeness (QED) is 0.760. The number of rotatable bonds is 4. The molecular weight excluding hydrogens is 298 g/mol. The molecule has 0 saturated carbocycles. The van der Waals surface area contributed by atoms with Crippen LogP contribution >= 0.6 is 0 Å². The molecule has 3 aromatic carbocycles. The molecule has 3 aromatic rings. The van der Waals surface area contributed by atoms with Gasteiger partial charge >= 0.3 is 0 Å². The number of amides is 1. The van der Waals surface area contributed by atoms with Gasteiger partial charge < -0.3 is 10.1 Å². The lowest BCUT2D eigenvalue weighted by Gasteiger charge is -2.12. The van der Waals surface area contributed by atoms with Crippen LogP contribution in [0.3, 0.4) is 0 Å². The average Bonchev–Trinajstić information content (AvgIpc) is 2.58. The van der Waals surface area contributed by atoms with Crippen molar-refractivity contribution in [2.75, 3.05) is 12.4 Å². The number of anilines is 1. The molecule has 3 rings (SSSR count). The second-order valence-corrected chi connectivity index (χ2v) is 6.02. The molecule has 3 heteroatoms. The zero-order valence-corrected chi connectivity index (χ0v) is 14.2. The minimum absolute atomic E-state index is 0.0164. The molecule has 1 N–H and O–H groups in total. The Labute approximate surface area is 142 Å². The van der Waals surface area contributed by atoms with E-state index in [0.29, 0.717) is 6.42 Å². The number of hydrogen-bond acceptors (Lipinski definition) is 2. The summed E-state index contributed by atoms with van der Waals surface area (Å²) in [5, 5.41) is 5.00. The van der Waals surface area contributed by atoms with E-state index in [1.807, 2.05) is 55.5 Å². The van der Waals surface area contributed by atoms with E-state index in [4.69, 9.17) is 4.74 Å². The van der Waals surface area contributed by atoms with Crippen molar-refractivity contribution in [3.63, 3.8) is 0 Å². The molecule has 3 nitrogen and oxygen atoms in total. The van der Waals surface area contributed by atoms with E-state index in [1.54, 1.807) is 7.11 Å². The fraction of sp³-hybridized carbons (Fsp3) is 0.190. The second kappa shape index (κ2) is 6.75. The van der Waals surface area contributed by atoms with Gasteiger partial charge in [-0.3, -0.25) is 4.79 Å². The molecule has 0 aliphatic rings. The molecule has 0 spiro atoms. The standard InChI is InChI=1S/C21H21NO2/c1-14-8-9-16(15(2)12-14)13-21(23)22-19-10-11-20(24-3)18-7-5-4-6-17(18)19/h4-12H,13H2,1-3H3,(H,22,23). The van der Waals surface area contributed by atoms with Crippen LogP contribution in [0, 0.1) is 13.8 Å². The molecule has 0 bridgehead atoms. The highest BCUT2D eigenvalue weighted by molar-refractivity contribution is 6.04. The number of fused-ring (bicyclic) bond motifs is 1. The van der Waals surface area contributed by atoms with Crippen molar-refractivity contribution < 1.29 is 9.53 Å². The topological polar surface area (TPSA) is 38.3 Å². The first kappa shape index (κ1) is 16.1.